The summed E-state index contributed by atoms with van der Waals surface area (Å²) in [5.74, 6) is 0. The van der Waals surface area contributed by atoms with E-state index in [1.54, 1.807) is 0 Å². The van der Waals surface area contributed by atoms with Gasteiger partial charge in [0.15, 0.2) is 0 Å². The zero-order chi connectivity index (χ0) is 13.8. The number of rotatable bonds is 5. The molecule has 1 heterocycles. The maximum absolute atomic E-state index is 12.2. The number of likely N-dealkylation sites (N-methyl/N-ethyl adjacent to an activating group) is 1. The van der Waals surface area contributed by atoms with Gasteiger partial charge in [0.25, 0.3) is 0 Å². The van der Waals surface area contributed by atoms with E-state index in [-0.39, 0.29) is 0 Å². The first kappa shape index (κ1) is 15.7. The van der Waals surface area contributed by atoms with Crippen molar-refractivity contribution in [2.45, 2.75) is 38.0 Å². The highest BCUT2D eigenvalue weighted by Gasteiger charge is 2.32. The van der Waals surface area contributed by atoms with Gasteiger partial charge in [0.05, 0.1) is 6.54 Å². The lowest BCUT2D eigenvalue weighted by Gasteiger charge is -2.34. The number of nitrogens with one attached hydrogen (secondary N) is 1. The highest BCUT2D eigenvalue weighted by atomic mass is 19.4. The maximum atomic E-state index is 12.2. The van der Waals surface area contributed by atoms with Crippen molar-refractivity contribution in [3.8, 4) is 0 Å². The van der Waals surface area contributed by atoms with Gasteiger partial charge in [-0.05, 0) is 47.0 Å². The van der Waals surface area contributed by atoms with Crippen molar-refractivity contribution in [2.24, 2.45) is 0 Å². The second-order valence-corrected chi connectivity index (χ2v) is 5.50. The molecule has 18 heavy (non-hydrogen) atoms. The summed E-state index contributed by atoms with van der Waals surface area (Å²) in [5, 5.41) is 3.48. The number of likely N-dealkylation sites (tertiary alicyclic amines) is 1. The topological polar surface area (TPSA) is 18.5 Å². The van der Waals surface area contributed by atoms with Crippen LogP contribution in [0.5, 0.6) is 0 Å². The maximum Gasteiger partial charge on any atom is 0.401 e. The second-order valence-electron chi connectivity index (χ2n) is 5.50. The van der Waals surface area contributed by atoms with E-state index in [1.807, 2.05) is 14.1 Å². The van der Waals surface area contributed by atoms with Crippen molar-refractivity contribution in [2.75, 3.05) is 40.3 Å². The largest absolute Gasteiger partial charge is 0.401 e. The second kappa shape index (κ2) is 6.73. The molecule has 0 aromatic heterocycles. The first-order valence-electron chi connectivity index (χ1n) is 6.46. The van der Waals surface area contributed by atoms with Crippen molar-refractivity contribution >= 4 is 0 Å². The third-order valence-electron chi connectivity index (χ3n) is 3.15. The summed E-state index contributed by atoms with van der Waals surface area (Å²) in [6.45, 7) is 3.36. The van der Waals surface area contributed by atoms with Gasteiger partial charge in [-0.25, -0.2) is 0 Å². The molecule has 1 saturated heterocycles. The SMILES string of the molecule is CC(CN(C)C)NC1CCN(CC(F)(F)F)CC1. The minimum absolute atomic E-state index is 0.351. The highest BCUT2D eigenvalue weighted by Crippen LogP contribution is 2.19. The van der Waals surface area contributed by atoms with Gasteiger partial charge in [-0.1, -0.05) is 0 Å². The van der Waals surface area contributed by atoms with Crippen LogP contribution in [0.4, 0.5) is 13.2 Å². The van der Waals surface area contributed by atoms with E-state index in [0.29, 0.717) is 25.2 Å². The van der Waals surface area contributed by atoms with E-state index in [9.17, 15) is 13.2 Å². The molecular weight excluding hydrogens is 243 g/mol. The molecule has 1 fully saturated rings. The Morgan fingerprint density at radius 2 is 1.83 bits per heavy atom. The third-order valence-corrected chi connectivity index (χ3v) is 3.15. The van der Waals surface area contributed by atoms with E-state index in [4.69, 9.17) is 0 Å². The minimum atomic E-state index is -4.07. The molecule has 0 saturated carbocycles. The normalized spacial score (nSPS) is 21.5. The quantitative estimate of drug-likeness (QED) is 0.815. The van der Waals surface area contributed by atoms with Gasteiger partial charge in [0.1, 0.15) is 0 Å². The summed E-state index contributed by atoms with van der Waals surface area (Å²) < 4.78 is 36.7. The fourth-order valence-electron chi connectivity index (χ4n) is 2.51. The molecule has 1 N–H and O–H groups in total. The van der Waals surface area contributed by atoms with Gasteiger partial charge < -0.3 is 10.2 Å². The Morgan fingerprint density at radius 1 is 1.28 bits per heavy atom. The predicted octanol–water partition coefficient (Wildman–Crippen LogP) is 1.55. The molecule has 1 atom stereocenters. The highest BCUT2D eigenvalue weighted by molar-refractivity contribution is 4.80. The smallest absolute Gasteiger partial charge is 0.310 e. The van der Waals surface area contributed by atoms with Gasteiger partial charge in [0, 0.05) is 18.6 Å². The Labute approximate surface area is 107 Å². The molecule has 0 aromatic carbocycles. The number of piperidine rings is 1. The third kappa shape index (κ3) is 6.56. The van der Waals surface area contributed by atoms with Gasteiger partial charge in [0.2, 0.25) is 0 Å². The van der Waals surface area contributed by atoms with Crippen LogP contribution >= 0.6 is 0 Å². The van der Waals surface area contributed by atoms with Crippen LogP contribution in [-0.4, -0.2) is 68.3 Å². The van der Waals surface area contributed by atoms with Crippen molar-refractivity contribution in [1.29, 1.82) is 0 Å². The fourth-order valence-corrected chi connectivity index (χ4v) is 2.51. The molecule has 0 radical (unpaired) electrons. The number of hydrogen-bond donors (Lipinski definition) is 1. The van der Waals surface area contributed by atoms with Crippen molar-refractivity contribution in [1.82, 2.24) is 15.1 Å². The molecule has 3 nitrogen and oxygen atoms in total. The first-order valence-corrected chi connectivity index (χ1v) is 6.46. The standard InChI is InChI=1S/C12H24F3N3/c1-10(8-17(2)3)16-11-4-6-18(7-5-11)9-12(13,14)15/h10-11,16H,4-9H2,1-3H3. The lowest BCUT2D eigenvalue weighted by Crippen LogP contribution is -2.49. The van der Waals surface area contributed by atoms with Gasteiger partial charge >= 0.3 is 6.18 Å². The van der Waals surface area contributed by atoms with E-state index >= 15 is 0 Å². The van der Waals surface area contributed by atoms with Crippen LogP contribution in [0.3, 0.4) is 0 Å². The van der Waals surface area contributed by atoms with Crippen LogP contribution in [0.1, 0.15) is 19.8 Å². The van der Waals surface area contributed by atoms with Crippen LogP contribution in [0.25, 0.3) is 0 Å². The molecule has 108 valence electrons. The predicted molar refractivity (Wildman–Crippen MR) is 66.7 cm³/mol. The fraction of sp³-hybridized carbons (Fsp3) is 1.00. The molecular formula is C12H24F3N3. The number of hydrogen-bond acceptors (Lipinski definition) is 3. The van der Waals surface area contributed by atoms with Gasteiger partial charge in [-0.2, -0.15) is 13.2 Å². The molecule has 0 aliphatic carbocycles. The van der Waals surface area contributed by atoms with Crippen molar-refractivity contribution < 1.29 is 13.2 Å². The molecule has 0 aromatic rings. The van der Waals surface area contributed by atoms with Gasteiger partial charge in [-0.3, -0.25) is 4.90 Å². The summed E-state index contributed by atoms with van der Waals surface area (Å²) in [6, 6.07) is 0.726. The summed E-state index contributed by atoms with van der Waals surface area (Å²) >= 11 is 0. The first-order chi connectivity index (χ1) is 8.26. The number of alkyl halides is 3. The monoisotopic (exact) mass is 267 g/mol. The Balaban J connectivity index is 2.23. The number of halogens is 3. The van der Waals surface area contributed by atoms with E-state index in [2.05, 4.69) is 17.1 Å². The molecule has 1 unspecified atom stereocenters. The van der Waals surface area contributed by atoms with Crippen LogP contribution in [0.15, 0.2) is 0 Å². The zero-order valence-corrected chi connectivity index (χ0v) is 11.4. The van der Waals surface area contributed by atoms with Crippen LogP contribution in [0, 0.1) is 0 Å². The Kier molecular flexibility index (Phi) is 5.88. The van der Waals surface area contributed by atoms with Crippen LogP contribution in [-0.2, 0) is 0 Å². The lowest BCUT2D eigenvalue weighted by atomic mass is 10.0. The molecule has 6 heteroatoms. The zero-order valence-electron chi connectivity index (χ0n) is 11.4. The van der Waals surface area contributed by atoms with E-state index < -0.39 is 12.7 Å². The molecule has 1 aliphatic heterocycles. The number of nitrogens with zero attached hydrogens (tertiary/aromatic N) is 2. The average Bonchev–Trinajstić information content (AvgIpc) is 2.17. The van der Waals surface area contributed by atoms with Crippen molar-refractivity contribution in [3.05, 3.63) is 0 Å². The Hall–Kier alpha value is -0.330. The molecule has 0 spiro atoms. The lowest BCUT2D eigenvalue weighted by molar-refractivity contribution is -0.148. The van der Waals surface area contributed by atoms with E-state index in [1.165, 1.54) is 4.90 Å². The summed E-state index contributed by atoms with van der Waals surface area (Å²) in [6.07, 6.45) is -2.47. The molecule has 0 amide bonds. The summed E-state index contributed by atoms with van der Waals surface area (Å²) in [7, 11) is 4.04. The summed E-state index contributed by atoms with van der Waals surface area (Å²) in [5.41, 5.74) is 0. The molecule has 1 rings (SSSR count). The average molecular weight is 267 g/mol. The van der Waals surface area contributed by atoms with Gasteiger partial charge in [-0.15, -0.1) is 0 Å². The Morgan fingerprint density at radius 3 is 2.28 bits per heavy atom. The summed E-state index contributed by atoms with van der Waals surface area (Å²) in [4.78, 5) is 3.60. The minimum Gasteiger partial charge on any atom is -0.310 e. The van der Waals surface area contributed by atoms with Crippen LogP contribution in [0.2, 0.25) is 0 Å². The van der Waals surface area contributed by atoms with Crippen LogP contribution < -0.4 is 5.32 Å². The van der Waals surface area contributed by atoms with Crippen molar-refractivity contribution in [3.63, 3.8) is 0 Å². The molecule has 1 aliphatic rings. The van der Waals surface area contributed by atoms with E-state index in [0.717, 1.165) is 19.4 Å². The Bertz CT molecular complexity index is 235. The molecule has 0 bridgehead atoms.